The molecule has 57 heavy (non-hydrogen) atoms. The highest BCUT2D eigenvalue weighted by atomic mass is 19.1. The second-order valence-electron chi connectivity index (χ2n) is 13.7. The normalized spacial score (nSPS) is 13.7. The van der Waals surface area contributed by atoms with Gasteiger partial charge in [0.15, 0.2) is 23.2 Å². The Morgan fingerprint density at radius 2 is 1.18 bits per heavy atom. The molecule has 0 radical (unpaired) electrons. The average Bonchev–Trinajstić information content (AvgIpc) is 3.13. The van der Waals surface area contributed by atoms with Crippen LogP contribution < -0.4 is 31.3 Å². The van der Waals surface area contributed by atoms with Gasteiger partial charge in [0.25, 0.3) is 5.91 Å². The molecular weight excluding hydrogens is 754 g/mol. The zero-order valence-corrected chi connectivity index (χ0v) is 31.6. The number of para-hydroxylation sites is 2. The van der Waals surface area contributed by atoms with Crippen LogP contribution in [0.5, 0.6) is 5.75 Å². The molecule has 0 saturated carbocycles. The number of hydrogen-bond donors (Lipinski definition) is 7. The molecule has 0 aliphatic rings. The zero-order chi connectivity index (χ0) is 42.6. The van der Waals surface area contributed by atoms with Crippen molar-refractivity contribution in [2.75, 3.05) is 6.61 Å². The van der Waals surface area contributed by atoms with E-state index in [2.05, 4.69) is 31.6 Å². The smallest absolute Gasteiger partial charge is 0.305 e. The Labute approximate surface area is 325 Å². The van der Waals surface area contributed by atoms with E-state index in [1.165, 1.54) is 26.8 Å². The highest BCUT2D eigenvalue weighted by molar-refractivity contribution is 6.00. The number of benzene rings is 2. The van der Waals surface area contributed by atoms with Gasteiger partial charge in [-0.15, -0.1) is 0 Å². The number of amides is 5. The van der Waals surface area contributed by atoms with Crippen molar-refractivity contribution in [3.63, 3.8) is 0 Å². The fourth-order valence-corrected chi connectivity index (χ4v) is 5.33. The van der Waals surface area contributed by atoms with E-state index in [0.29, 0.717) is 5.52 Å². The molecular formula is C38H44F2N6O11. The molecule has 5 atom stereocenters. The van der Waals surface area contributed by atoms with E-state index in [-0.39, 0.29) is 5.69 Å². The van der Waals surface area contributed by atoms with Crippen molar-refractivity contribution in [1.82, 2.24) is 31.6 Å². The zero-order valence-electron chi connectivity index (χ0n) is 31.6. The molecule has 306 valence electrons. The first-order valence-electron chi connectivity index (χ1n) is 17.7. The standard InChI is InChI=1S/C38H44F2N6O11/c1-18(2)31(37(55)41-20(5)34(52)43-26(15-29(48)49)28(47)17-57-33-22(39)10-8-11-23(33)40)46-36(54)27(16-30(50)51)44-38(56)32(19(3)4)45-35(53)25-14-13-21-9-6-7-12-24(21)42-25/h6-14,18-20,26-27,31-32H,15-17H2,1-5H3,(H,41,55)(H,43,52)(H,44,56)(H,45,53)(H,46,54)(H,48,49)(H,50,51)/t20-,26-,27-,31-,32-/m0/s1. The van der Waals surface area contributed by atoms with Crippen LogP contribution in [-0.2, 0) is 33.6 Å². The summed E-state index contributed by atoms with van der Waals surface area (Å²) in [4.78, 5) is 107. The van der Waals surface area contributed by atoms with Gasteiger partial charge in [0.2, 0.25) is 23.6 Å². The number of carbonyl (C=O) groups excluding carboxylic acids is 6. The van der Waals surface area contributed by atoms with Crippen molar-refractivity contribution in [2.45, 2.75) is 77.7 Å². The SMILES string of the molecule is CC(C)[C@H](NC(=O)c1ccc2ccccc2n1)C(=O)N[C@@H](CC(=O)O)C(=O)N[C@H](C(=O)N[C@@H](C)C(=O)N[C@@H](CC(=O)O)C(=O)COc1c(F)cccc1F)C(C)C. The van der Waals surface area contributed by atoms with Gasteiger partial charge in [0.05, 0.1) is 18.4 Å². The summed E-state index contributed by atoms with van der Waals surface area (Å²) in [6, 6.07) is 5.41. The molecule has 0 unspecified atom stereocenters. The van der Waals surface area contributed by atoms with E-state index < -0.39 is 126 Å². The lowest BCUT2D eigenvalue weighted by atomic mass is 10.0. The van der Waals surface area contributed by atoms with Gasteiger partial charge in [-0.25, -0.2) is 13.8 Å². The molecule has 0 aliphatic heterocycles. The van der Waals surface area contributed by atoms with Crippen molar-refractivity contribution in [1.29, 1.82) is 0 Å². The first kappa shape index (κ1) is 44.9. The molecule has 1 heterocycles. The first-order chi connectivity index (χ1) is 26.8. The number of carboxylic acids is 2. The van der Waals surface area contributed by atoms with E-state index >= 15 is 0 Å². The third kappa shape index (κ3) is 13.0. The molecule has 0 spiro atoms. The summed E-state index contributed by atoms with van der Waals surface area (Å²) in [5, 5.41) is 31.4. The predicted octanol–water partition coefficient (Wildman–Crippen LogP) is 1.48. The lowest BCUT2D eigenvalue weighted by Crippen LogP contribution is -2.60. The number of pyridine rings is 1. The number of nitrogens with one attached hydrogen (secondary N) is 5. The summed E-state index contributed by atoms with van der Waals surface area (Å²) in [6.07, 6.45) is -1.86. The molecule has 3 rings (SSSR count). The molecule has 3 aromatic rings. The largest absolute Gasteiger partial charge is 0.481 e. The molecule has 19 heteroatoms. The van der Waals surface area contributed by atoms with Gasteiger partial charge in [-0.05, 0) is 43.0 Å². The van der Waals surface area contributed by atoms with Gasteiger partial charge < -0.3 is 41.5 Å². The summed E-state index contributed by atoms with van der Waals surface area (Å²) in [7, 11) is 0. The average molecular weight is 799 g/mol. The van der Waals surface area contributed by atoms with Crippen molar-refractivity contribution >= 4 is 58.2 Å². The van der Waals surface area contributed by atoms with Crippen LogP contribution >= 0.6 is 0 Å². The second-order valence-corrected chi connectivity index (χ2v) is 13.7. The van der Waals surface area contributed by atoms with Crippen LogP contribution in [0.1, 0.15) is 57.9 Å². The maximum atomic E-state index is 13.9. The number of nitrogens with zero attached hydrogens (tertiary/aromatic N) is 1. The Bertz CT molecular complexity index is 1990. The molecule has 17 nitrogen and oxygen atoms in total. The van der Waals surface area contributed by atoms with E-state index in [4.69, 9.17) is 4.74 Å². The van der Waals surface area contributed by atoms with Gasteiger partial charge in [-0.2, -0.15) is 0 Å². The first-order valence-corrected chi connectivity index (χ1v) is 17.7. The minimum Gasteiger partial charge on any atom is -0.481 e. The summed E-state index contributed by atoms with van der Waals surface area (Å²) >= 11 is 0. The van der Waals surface area contributed by atoms with Crippen LogP contribution in [-0.4, -0.2) is 99.3 Å². The molecule has 5 amide bonds. The highest BCUT2D eigenvalue weighted by Crippen LogP contribution is 2.21. The minimum absolute atomic E-state index is 0.00938. The summed E-state index contributed by atoms with van der Waals surface area (Å²) in [5.41, 5.74) is 0.544. The topological polar surface area (TPSA) is 259 Å². The van der Waals surface area contributed by atoms with E-state index in [0.717, 1.165) is 23.6 Å². The Balaban J connectivity index is 1.68. The van der Waals surface area contributed by atoms with Crippen LogP contribution in [0.4, 0.5) is 8.78 Å². The van der Waals surface area contributed by atoms with Crippen molar-refractivity contribution in [3.8, 4) is 5.75 Å². The number of hydrogen-bond acceptors (Lipinski definition) is 10. The van der Waals surface area contributed by atoms with E-state index in [1.807, 2.05) is 0 Å². The highest BCUT2D eigenvalue weighted by Gasteiger charge is 2.35. The third-order valence-corrected chi connectivity index (χ3v) is 8.44. The summed E-state index contributed by atoms with van der Waals surface area (Å²) < 4.78 is 32.8. The third-order valence-electron chi connectivity index (χ3n) is 8.44. The van der Waals surface area contributed by atoms with Gasteiger partial charge in [0, 0.05) is 5.39 Å². The van der Waals surface area contributed by atoms with E-state index in [9.17, 15) is 57.4 Å². The maximum Gasteiger partial charge on any atom is 0.305 e. The van der Waals surface area contributed by atoms with E-state index in [1.54, 1.807) is 44.2 Å². The van der Waals surface area contributed by atoms with Gasteiger partial charge in [0.1, 0.15) is 42.5 Å². The van der Waals surface area contributed by atoms with Gasteiger partial charge >= 0.3 is 11.9 Å². The summed E-state index contributed by atoms with van der Waals surface area (Å²) in [6.45, 7) is 6.43. The lowest BCUT2D eigenvalue weighted by Gasteiger charge is -2.28. The number of rotatable bonds is 20. The second kappa shape index (κ2) is 20.4. The van der Waals surface area contributed by atoms with Crippen LogP contribution in [0.3, 0.4) is 0 Å². The van der Waals surface area contributed by atoms with Crippen molar-refractivity contribution in [3.05, 3.63) is 71.9 Å². The fourth-order valence-electron chi connectivity index (χ4n) is 5.33. The van der Waals surface area contributed by atoms with Crippen molar-refractivity contribution < 1.29 is 62.1 Å². The lowest BCUT2D eigenvalue weighted by molar-refractivity contribution is -0.142. The number of carboxylic acid groups (broad SMARTS) is 2. The molecule has 1 aromatic heterocycles. The monoisotopic (exact) mass is 798 g/mol. The predicted molar refractivity (Wildman–Crippen MR) is 197 cm³/mol. The number of halogens is 2. The van der Waals surface area contributed by atoms with Gasteiger partial charge in [-0.3, -0.25) is 38.4 Å². The van der Waals surface area contributed by atoms with Crippen LogP contribution in [0.25, 0.3) is 10.9 Å². The maximum absolute atomic E-state index is 13.9. The molecule has 0 fully saturated rings. The quantitative estimate of drug-likeness (QED) is 0.0858. The van der Waals surface area contributed by atoms with Crippen LogP contribution in [0.2, 0.25) is 0 Å². The van der Waals surface area contributed by atoms with Crippen LogP contribution in [0, 0.1) is 23.5 Å². The summed E-state index contributed by atoms with van der Waals surface area (Å²) in [5.74, 6) is -13.1. The Morgan fingerprint density at radius 1 is 0.632 bits per heavy atom. The number of fused-ring (bicyclic) bond motifs is 1. The number of aliphatic carboxylic acids is 2. The molecule has 2 aromatic carbocycles. The fraction of sp³-hybridized carbons (Fsp3) is 0.395. The Morgan fingerprint density at radius 3 is 1.77 bits per heavy atom. The number of ketones is 1. The minimum atomic E-state index is -1.74. The molecule has 0 bridgehead atoms. The van der Waals surface area contributed by atoms with Crippen LogP contribution in [0.15, 0.2) is 54.6 Å². The molecule has 0 aliphatic carbocycles. The number of Topliss-reactive ketones (excluding diaryl/α,β-unsaturated/α-hetero) is 1. The number of aromatic nitrogens is 1. The number of ether oxygens (including phenoxy) is 1. The Kier molecular flexibility index (Phi) is 16.1. The van der Waals surface area contributed by atoms with Gasteiger partial charge in [-0.1, -0.05) is 58.0 Å². The van der Waals surface area contributed by atoms with Crippen molar-refractivity contribution in [2.24, 2.45) is 11.8 Å². The Hall–Kier alpha value is -6.53. The molecule has 7 N–H and O–H groups in total. The number of carbonyl (C=O) groups is 8. The molecule has 0 saturated heterocycles.